The summed E-state index contributed by atoms with van der Waals surface area (Å²) in [4.78, 5) is 16.8. The molecule has 0 bridgehead atoms. The predicted octanol–water partition coefficient (Wildman–Crippen LogP) is 4.60. The normalized spacial score (nSPS) is 12.5. The second-order valence-electron chi connectivity index (χ2n) is 5.38. The Labute approximate surface area is 147 Å². The Morgan fingerprint density at radius 2 is 2.17 bits per heavy atom. The summed E-state index contributed by atoms with van der Waals surface area (Å²) >= 11 is 7.31. The quantitative estimate of drug-likeness (QED) is 0.665. The molecule has 3 rings (SSSR count). The molecule has 0 aliphatic rings. The van der Waals surface area contributed by atoms with E-state index in [2.05, 4.69) is 15.5 Å². The third-order valence-corrected chi connectivity index (χ3v) is 4.83. The summed E-state index contributed by atoms with van der Waals surface area (Å²) in [7, 11) is 0. The Morgan fingerprint density at radius 3 is 2.83 bits per heavy atom. The van der Waals surface area contributed by atoms with Crippen molar-refractivity contribution in [2.75, 3.05) is 5.32 Å². The first kappa shape index (κ1) is 16.9. The minimum absolute atomic E-state index is 0.173. The number of fused-ring (bicyclic) bond motifs is 1. The number of carbonyl (C=O) groups is 1. The Hall–Kier alpha value is -1.99. The van der Waals surface area contributed by atoms with E-state index in [1.807, 2.05) is 19.9 Å². The molecule has 0 saturated heterocycles. The summed E-state index contributed by atoms with van der Waals surface area (Å²) in [5, 5.41) is 7.19. The number of halogens is 1. The molecular formula is C16H16ClN3O3S. The zero-order valence-electron chi connectivity index (χ0n) is 13.4. The van der Waals surface area contributed by atoms with E-state index < -0.39 is 0 Å². The first-order valence-electron chi connectivity index (χ1n) is 7.43. The smallest absolute Gasteiger partial charge is 0.257 e. The monoisotopic (exact) mass is 365 g/mol. The van der Waals surface area contributed by atoms with Crippen LogP contribution in [-0.4, -0.2) is 21.3 Å². The second-order valence-corrected chi connectivity index (χ2v) is 6.97. The molecule has 1 N–H and O–H groups in total. The fourth-order valence-electron chi connectivity index (χ4n) is 2.26. The third-order valence-electron chi connectivity index (χ3n) is 3.41. The number of carbonyl (C=O) groups excluding carboxylic acids is 1. The van der Waals surface area contributed by atoms with Crippen LogP contribution in [0, 0.1) is 13.8 Å². The number of hydrogen-bond acceptors (Lipinski definition) is 6. The van der Waals surface area contributed by atoms with Crippen molar-refractivity contribution in [3.8, 4) is 0 Å². The van der Waals surface area contributed by atoms with Crippen LogP contribution in [0.4, 0.5) is 5.82 Å². The van der Waals surface area contributed by atoms with Gasteiger partial charge < -0.3 is 14.3 Å². The van der Waals surface area contributed by atoms with Gasteiger partial charge in [0.15, 0.2) is 11.4 Å². The van der Waals surface area contributed by atoms with Crippen LogP contribution in [0.3, 0.4) is 0 Å². The van der Waals surface area contributed by atoms with E-state index in [4.69, 9.17) is 20.5 Å². The number of rotatable bonds is 5. The van der Waals surface area contributed by atoms with E-state index in [0.29, 0.717) is 39.3 Å². The highest BCUT2D eigenvalue weighted by molar-refractivity contribution is 8.00. The molecule has 24 heavy (non-hydrogen) atoms. The van der Waals surface area contributed by atoms with Gasteiger partial charge in [0.2, 0.25) is 5.91 Å². The van der Waals surface area contributed by atoms with Crippen molar-refractivity contribution in [3.05, 3.63) is 34.5 Å². The van der Waals surface area contributed by atoms with Gasteiger partial charge in [0.1, 0.15) is 11.3 Å². The van der Waals surface area contributed by atoms with Crippen LogP contribution in [0.2, 0.25) is 5.02 Å². The molecule has 1 amide bonds. The van der Waals surface area contributed by atoms with Gasteiger partial charge in [-0.3, -0.25) is 4.79 Å². The maximum Gasteiger partial charge on any atom is 0.257 e. The molecule has 3 aromatic rings. The molecule has 126 valence electrons. The van der Waals surface area contributed by atoms with Crippen molar-refractivity contribution in [1.29, 1.82) is 0 Å². The van der Waals surface area contributed by atoms with E-state index in [1.54, 1.807) is 19.1 Å². The lowest BCUT2D eigenvalue weighted by atomic mass is 10.2. The number of benzene rings is 1. The van der Waals surface area contributed by atoms with Crippen LogP contribution in [0.15, 0.2) is 32.4 Å². The Bertz CT molecular complexity index is 890. The minimum atomic E-state index is -0.356. The summed E-state index contributed by atoms with van der Waals surface area (Å²) < 4.78 is 10.7. The van der Waals surface area contributed by atoms with Crippen molar-refractivity contribution in [1.82, 2.24) is 10.1 Å². The first-order valence-corrected chi connectivity index (χ1v) is 8.69. The number of thioether (sulfide) groups is 1. The van der Waals surface area contributed by atoms with Gasteiger partial charge in [0.25, 0.3) is 5.22 Å². The van der Waals surface area contributed by atoms with E-state index in [9.17, 15) is 4.79 Å². The summed E-state index contributed by atoms with van der Waals surface area (Å²) in [6, 6.07) is 5.23. The molecular weight excluding hydrogens is 350 g/mol. The van der Waals surface area contributed by atoms with Crippen LogP contribution >= 0.6 is 23.4 Å². The number of anilines is 1. The summed E-state index contributed by atoms with van der Waals surface area (Å²) in [5.41, 5.74) is 2.28. The zero-order valence-corrected chi connectivity index (χ0v) is 15.0. The average molecular weight is 366 g/mol. The molecule has 6 nitrogen and oxygen atoms in total. The highest BCUT2D eigenvalue weighted by atomic mass is 35.5. The van der Waals surface area contributed by atoms with Gasteiger partial charge in [-0.2, -0.15) is 0 Å². The van der Waals surface area contributed by atoms with Gasteiger partial charge in [-0.1, -0.05) is 35.4 Å². The molecule has 2 heterocycles. The maximum absolute atomic E-state index is 12.4. The van der Waals surface area contributed by atoms with Gasteiger partial charge in [0.05, 0.1) is 5.25 Å². The first-order chi connectivity index (χ1) is 11.5. The average Bonchev–Trinajstić information content (AvgIpc) is 3.10. The summed E-state index contributed by atoms with van der Waals surface area (Å²) in [5.74, 6) is 0.863. The maximum atomic E-state index is 12.4. The van der Waals surface area contributed by atoms with Crippen LogP contribution in [0.5, 0.6) is 0 Å². The van der Waals surface area contributed by atoms with Crippen molar-refractivity contribution >= 4 is 46.2 Å². The van der Waals surface area contributed by atoms with E-state index in [-0.39, 0.29) is 11.2 Å². The standard InChI is InChI=1S/C16H16ClN3O3S/c1-4-12(15(21)19-13-6-9(3)23-20-13)24-16-18-11-7-10(17)5-8(2)14(11)22-16/h5-7,12H,4H2,1-3H3,(H,19,20,21). The second kappa shape index (κ2) is 6.86. The minimum Gasteiger partial charge on any atom is -0.431 e. The molecule has 0 saturated carbocycles. The highest BCUT2D eigenvalue weighted by Crippen LogP contribution is 2.31. The van der Waals surface area contributed by atoms with Crippen LogP contribution in [-0.2, 0) is 4.79 Å². The van der Waals surface area contributed by atoms with Crippen molar-refractivity contribution < 1.29 is 13.7 Å². The number of aromatic nitrogens is 2. The van der Waals surface area contributed by atoms with E-state index >= 15 is 0 Å². The fourth-order valence-corrected chi connectivity index (χ4v) is 3.39. The van der Waals surface area contributed by atoms with Gasteiger partial charge >= 0.3 is 0 Å². The third kappa shape index (κ3) is 3.57. The Balaban J connectivity index is 1.77. The van der Waals surface area contributed by atoms with Gasteiger partial charge in [0, 0.05) is 11.1 Å². The molecule has 1 atom stereocenters. The molecule has 0 spiro atoms. The van der Waals surface area contributed by atoms with Crippen molar-refractivity contribution in [3.63, 3.8) is 0 Å². The highest BCUT2D eigenvalue weighted by Gasteiger charge is 2.22. The number of aryl methyl sites for hydroxylation is 2. The molecule has 0 aliphatic heterocycles. The van der Waals surface area contributed by atoms with Crippen LogP contribution < -0.4 is 5.32 Å². The lowest BCUT2D eigenvalue weighted by Crippen LogP contribution is -2.24. The molecule has 0 radical (unpaired) electrons. The molecule has 2 aromatic heterocycles. The van der Waals surface area contributed by atoms with Crippen molar-refractivity contribution in [2.45, 2.75) is 37.7 Å². The number of hydrogen-bond donors (Lipinski definition) is 1. The molecule has 8 heteroatoms. The molecule has 1 aromatic carbocycles. The number of amides is 1. The van der Waals surface area contributed by atoms with E-state index in [0.717, 1.165) is 5.56 Å². The fraction of sp³-hybridized carbons (Fsp3) is 0.312. The Morgan fingerprint density at radius 1 is 1.38 bits per heavy atom. The molecule has 1 unspecified atom stereocenters. The SMILES string of the molecule is CCC(Sc1nc2cc(Cl)cc(C)c2o1)C(=O)Nc1cc(C)on1. The molecule has 0 aliphatic carbocycles. The topological polar surface area (TPSA) is 81.2 Å². The molecule has 0 fully saturated rings. The lowest BCUT2D eigenvalue weighted by Gasteiger charge is -2.10. The number of nitrogens with one attached hydrogen (secondary N) is 1. The summed E-state index contributed by atoms with van der Waals surface area (Å²) in [6.45, 7) is 5.60. The lowest BCUT2D eigenvalue weighted by molar-refractivity contribution is -0.115. The number of nitrogens with zero attached hydrogens (tertiary/aromatic N) is 2. The number of oxazole rings is 1. The Kier molecular flexibility index (Phi) is 4.82. The van der Waals surface area contributed by atoms with Gasteiger partial charge in [-0.25, -0.2) is 4.98 Å². The largest absolute Gasteiger partial charge is 0.431 e. The predicted molar refractivity (Wildman–Crippen MR) is 93.6 cm³/mol. The van der Waals surface area contributed by atoms with Gasteiger partial charge in [-0.15, -0.1) is 0 Å². The van der Waals surface area contributed by atoms with Crippen LogP contribution in [0.1, 0.15) is 24.7 Å². The summed E-state index contributed by atoms with van der Waals surface area (Å²) in [6.07, 6.45) is 0.617. The van der Waals surface area contributed by atoms with Gasteiger partial charge in [-0.05, 0) is 38.0 Å². The van der Waals surface area contributed by atoms with E-state index in [1.165, 1.54) is 11.8 Å². The van der Waals surface area contributed by atoms with Crippen molar-refractivity contribution in [2.24, 2.45) is 0 Å². The zero-order chi connectivity index (χ0) is 17.3. The van der Waals surface area contributed by atoms with Crippen LogP contribution in [0.25, 0.3) is 11.1 Å².